The van der Waals surface area contributed by atoms with Gasteiger partial charge in [0.25, 0.3) is 0 Å². The van der Waals surface area contributed by atoms with E-state index in [0.717, 1.165) is 13.0 Å². The molecule has 0 fully saturated rings. The Bertz CT molecular complexity index is 479. The summed E-state index contributed by atoms with van der Waals surface area (Å²) in [4.78, 5) is 5.74. The summed E-state index contributed by atoms with van der Waals surface area (Å²) >= 11 is 1.81. The molecule has 102 valence electrons. The van der Waals surface area contributed by atoms with Crippen LogP contribution in [0.3, 0.4) is 0 Å². The quantitative estimate of drug-likeness (QED) is 0.812. The van der Waals surface area contributed by atoms with Gasteiger partial charge in [0.15, 0.2) is 0 Å². The van der Waals surface area contributed by atoms with Gasteiger partial charge >= 0.3 is 0 Å². The van der Waals surface area contributed by atoms with Crippen LogP contribution in [-0.2, 0) is 13.0 Å². The van der Waals surface area contributed by atoms with Crippen LogP contribution in [-0.4, -0.2) is 4.98 Å². The zero-order chi connectivity index (χ0) is 13.5. The van der Waals surface area contributed by atoms with Gasteiger partial charge in [-0.3, -0.25) is 0 Å². The van der Waals surface area contributed by atoms with Gasteiger partial charge in [-0.2, -0.15) is 0 Å². The highest BCUT2D eigenvalue weighted by Crippen LogP contribution is 2.20. The summed E-state index contributed by atoms with van der Waals surface area (Å²) in [6, 6.07) is 11.2. The number of nitrogens with one attached hydrogen (secondary N) is 1. The molecule has 2 rings (SSSR count). The Hall–Kier alpha value is -1.19. The number of thiazole rings is 1. The van der Waals surface area contributed by atoms with Crippen molar-refractivity contribution in [3.8, 4) is 0 Å². The van der Waals surface area contributed by atoms with E-state index in [1.165, 1.54) is 28.3 Å². The molecule has 3 heteroatoms. The van der Waals surface area contributed by atoms with E-state index in [0.29, 0.717) is 6.04 Å². The van der Waals surface area contributed by atoms with Gasteiger partial charge in [0.05, 0.1) is 5.01 Å². The highest BCUT2D eigenvalue weighted by molar-refractivity contribution is 7.11. The van der Waals surface area contributed by atoms with Crippen molar-refractivity contribution in [2.45, 2.75) is 45.7 Å². The van der Waals surface area contributed by atoms with Crippen molar-refractivity contribution in [2.24, 2.45) is 0 Å². The molecule has 0 radical (unpaired) electrons. The van der Waals surface area contributed by atoms with E-state index in [9.17, 15) is 0 Å². The van der Waals surface area contributed by atoms with Crippen molar-refractivity contribution >= 4 is 11.3 Å². The summed E-state index contributed by atoms with van der Waals surface area (Å²) in [6.45, 7) is 5.30. The van der Waals surface area contributed by atoms with E-state index < -0.39 is 0 Å². The normalized spacial score (nSPS) is 12.5. The Labute approximate surface area is 119 Å². The van der Waals surface area contributed by atoms with E-state index in [-0.39, 0.29) is 0 Å². The first kappa shape index (κ1) is 14.2. The largest absolute Gasteiger partial charge is 0.305 e. The smallest absolute Gasteiger partial charge is 0.0925 e. The fourth-order valence-electron chi connectivity index (χ4n) is 2.18. The maximum atomic E-state index is 4.41. The number of hydrogen-bond donors (Lipinski definition) is 1. The molecule has 0 amide bonds. The molecular formula is C16H22N2S. The molecule has 1 N–H and O–H groups in total. The monoisotopic (exact) mass is 274 g/mol. The van der Waals surface area contributed by atoms with E-state index in [1.807, 2.05) is 17.5 Å². The maximum absolute atomic E-state index is 4.41. The average Bonchev–Trinajstić information content (AvgIpc) is 2.92. The van der Waals surface area contributed by atoms with Gasteiger partial charge in [0.2, 0.25) is 0 Å². The van der Waals surface area contributed by atoms with Gasteiger partial charge in [0.1, 0.15) is 0 Å². The summed E-state index contributed by atoms with van der Waals surface area (Å²) in [6.07, 6.45) is 5.39. The summed E-state index contributed by atoms with van der Waals surface area (Å²) < 4.78 is 0. The van der Waals surface area contributed by atoms with Crippen LogP contribution in [0.4, 0.5) is 0 Å². The van der Waals surface area contributed by atoms with Crippen LogP contribution in [0.1, 0.15) is 48.2 Å². The van der Waals surface area contributed by atoms with E-state index in [1.54, 1.807) is 0 Å². The minimum Gasteiger partial charge on any atom is -0.305 e. The Morgan fingerprint density at radius 2 is 2.00 bits per heavy atom. The standard InChI is InChI=1S/C16H22N2S/c1-3-8-15(13-9-6-5-7-10-13)17-11-14-12-18-16(4-2)19-14/h5-7,9-10,12,15,17H,3-4,8,11H2,1-2H3. The Balaban J connectivity index is 1.97. The number of nitrogens with zero attached hydrogens (tertiary/aromatic N) is 1. The van der Waals surface area contributed by atoms with E-state index in [2.05, 4.69) is 54.5 Å². The van der Waals surface area contributed by atoms with Crippen LogP contribution < -0.4 is 5.32 Å². The summed E-state index contributed by atoms with van der Waals surface area (Å²) in [5, 5.41) is 4.89. The van der Waals surface area contributed by atoms with E-state index >= 15 is 0 Å². The molecule has 0 saturated heterocycles. The number of hydrogen-bond acceptors (Lipinski definition) is 3. The molecule has 1 heterocycles. The third kappa shape index (κ3) is 4.15. The number of aryl methyl sites for hydroxylation is 1. The van der Waals surface area contributed by atoms with Gasteiger partial charge in [-0.25, -0.2) is 4.98 Å². The first-order valence-corrected chi connectivity index (χ1v) is 7.87. The molecule has 0 aliphatic heterocycles. The Morgan fingerprint density at radius 3 is 2.63 bits per heavy atom. The number of rotatable bonds is 7. The molecule has 1 atom stereocenters. The van der Waals surface area contributed by atoms with Gasteiger partial charge in [-0.05, 0) is 18.4 Å². The lowest BCUT2D eigenvalue weighted by molar-refractivity contribution is 0.496. The van der Waals surface area contributed by atoms with Gasteiger partial charge in [-0.1, -0.05) is 50.6 Å². The highest BCUT2D eigenvalue weighted by Gasteiger charge is 2.10. The van der Waals surface area contributed by atoms with Crippen molar-refractivity contribution < 1.29 is 0 Å². The molecule has 2 nitrogen and oxygen atoms in total. The number of aromatic nitrogens is 1. The van der Waals surface area contributed by atoms with Crippen molar-refractivity contribution in [1.29, 1.82) is 0 Å². The second-order valence-electron chi connectivity index (χ2n) is 4.71. The predicted octanol–water partition coefficient (Wildman–Crippen LogP) is 4.34. The Morgan fingerprint density at radius 1 is 1.21 bits per heavy atom. The second kappa shape index (κ2) is 7.41. The summed E-state index contributed by atoms with van der Waals surface area (Å²) in [7, 11) is 0. The van der Waals surface area contributed by atoms with Crippen LogP contribution in [0, 0.1) is 0 Å². The fraction of sp³-hybridized carbons (Fsp3) is 0.438. The molecule has 0 bridgehead atoms. The van der Waals surface area contributed by atoms with Crippen molar-refractivity contribution in [1.82, 2.24) is 10.3 Å². The molecule has 1 aromatic carbocycles. The molecule has 0 saturated carbocycles. The van der Waals surface area contributed by atoms with Gasteiger partial charge in [0, 0.05) is 23.7 Å². The van der Waals surface area contributed by atoms with Crippen LogP contribution >= 0.6 is 11.3 Å². The zero-order valence-electron chi connectivity index (χ0n) is 11.7. The van der Waals surface area contributed by atoms with Crippen LogP contribution in [0.5, 0.6) is 0 Å². The number of benzene rings is 1. The van der Waals surface area contributed by atoms with E-state index in [4.69, 9.17) is 0 Å². The molecule has 2 aromatic rings. The van der Waals surface area contributed by atoms with Gasteiger partial charge in [-0.15, -0.1) is 11.3 Å². The lowest BCUT2D eigenvalue weighted by Gasteiger charge is -2.18. The van der Waals surface area contributed by atoms with Gasteiger partial charge < -0.3 is 5.32 Å². The van der Waals surface area contributed by atoms with Crippen molar-refractivity contribution in [3.63, 3.8) is 0 Å². The van der Waals surface area contributed by atoms with Crippen LogP contribution in [0.25, 0.3) is 0 Å². The minimum absolute atomic E-state index is 0.443. The molecule has 0 aliphatic carbocycles. The molecule has 0 aliphatic rings. The van der Waals surface area contributed by atoms with Crippen LogP contribution in [0.15, 0.2) is 36.5 Å². The maximum Gasteiger partial charge on any atom is 0.0925 e. The molecule has 0 spiro atoms. The molecule has 1 aromatic heterocycles. The van der Waals surface area contributed by atoms with Crippen molar-refractivity contribution in [2.75, 3.05) is 0 Å². The third-order valence-corrected chi connectivity index (χ3v) is 4.35. The molecule has 1 unspecified atom stereocenters. The third-order valence-electron chi connectivity index (χ3n) is 3.21. The average molecular weight is 274 g/mol. The molecular weight excluding hydrogens is 252 g/mol. The second-order valence-corrected chi connectivity index (χ2v) is 5.91. The zero-order valence-corrected chi connectivity index (χ0v) is 12.5. The first-order valence-electron chi connectivity index (χ1n) is 7.05. The van der Waals surface area contributed by atoms with Crippen molar-refractivity contribution in [3.05, 3.63) is 52.0 Å². The predicted molar refractivity (Wildman–Crippen MR) is 82.4 cm³/mol. The first-order chi connectivity index (χ1) is 9.33. The molecule has 19 heavy (non-hydrogen) atoms. The lowest BCUT2D eigenvalue weighted by atomic mass is 10.0. The topological polar surface area (TPSA) is 24.9 Å². The SMILES string of the molecule is CCCC(NCc1cnc(CC)s1)c1ccccc1. The summed E-state index contributed by atoms with van der Waals surface area (Å²) in [5.41, 5.74) is 1.38. The lowest BCUT2D eigenvalue weighted by Crippen LogP contribution is -2.20. The minimum atomic E-state index is 0.443. The fourth-order valence-corrected chi connectivity index (χ4v) is 2.99. The highest BCUT2D eigenvalue weighted by atomic mass is 32.1. The Kier molecular flexibility index (Phi) is 5.55. The summed E-state index contributed by atoms with van der Waals surface area (Å²) in [5.74, 6) is 0. The van der Waals surface area contributed by atoms with Crippen LogP contribution in [0.2, 0.25) is 0 Å².